The molecule has 0 aromatic heterocycles. The largest absolute Gasteiger partial charge is 0.477 e. The zero-order valence-electron chi connectivity index (χ0n) is 13.9. The lowest BCUT2D eigenvalue weighted by Crippen LogP contribution is -2.57. The Morgan fingerprint density at radius 3 is 2.14 bits per heavy atom. The van der Waals surface area contributed by atoms with Gasteiger partial charge in [0.1, 0.15) is 5.76 Å². The van der Waals surface area contributed by atoms with Crippen LogP contribution in [-0.2, 0) is 9.53 Å². The van der Waals surface area contributed by atoms with Gasteiger partial charge in [0.25, 0.3) is 5.91 Å². The number of hydrogen-bond donors (Lipinski definition) is 0. The van der Waals surface area contributed by atoms with Crippen LogP contribution in [0.2, 0.25) is 0 Å². The Morgan fingerprint density at radius 1 is 1.05 bits per heavy atom. The molecule has 1 aromatic carbocycles. The normalized spacial score (nSPS) is 17.0. The van der Waals surface area contributed by atoms with Crippen molar-refractivity contribution in [3.05, 3.63) is 41.7 Å². The Balaban J connectivity index is 2.44. The summed E-state index contributed by atoms with van der Waals surface area (Å²) >= 11 is 0. The molecule has 2 rings (SSSR count). The smallest absolute Gasteiger partial charge is 0.260 e. The van der Waals surface area contributed by atoms with Crippen molar-refractivity contribution >= 4 is 11.5 Å². The molecule has 0 aliphatic carbocycles. The van der Waals surface area contributed by atoms with Gasteiger partial charge in [-0.05, 0) is 31.7 Å². The van der Waals surface area contributed by atoms with Crippen LogP contribution in [-0.4, -0.2) is 23.1 Å². The Kier molecular flexibility index (Phi) is 3.87. The number of carbonyl (C=O) groups is 1. The first-order valence-electron chi connectivity index (χ1n) is 7.37. The summed E-state index contributed by atoms with van der Waals surface area (Å²) in [6.07, 6.45) is 0. The van der Waals surface area contributed by atoms with E-state index in [1.165, 1.54) is 0 Å². The molecule has 0 unspecified atom stereocenters. The molecule has 0 saturated carbocycles. The van der Waals surface area contributed by atoms with Crippen molar-refractivity contribution in [1.29, 1.82) is 0 Å². The highest BCUT2D eigenvalue weighted by Gasteiger charge is 2.44. The number of hydrogen-bond acceptors (Lipinski definition) is 2. The quantitative estimate of drug-likeness (QED) is 0.821. The molecule has 0 atom stereocenters. The predicted molar refractivity (Wildman–Crippen MR) is 85.4 cm³/mol. The summed E-state index contributed by atoms with van der Waals surface area (Å²) < 4.78 is 5.79. The summed E-state index contributed by atoms with van der Waals surface area (Å²) in [6, 6.07) is 9.74. The zero-order valence-corrected chi connectivity index (χ0v) is 13.9. The summed E-state index contributed by atoms with van der Waals surface area (Å²) in [4.78, 5) is 14.9. The molecule has 0 saturated heterocycles. The van der Waals surface area contributed by atoms with E-state index in [2.05, 4.69) is 34.6 Å². The van der Waals surface area contributed by atoms with E-state index < -0.39 is 0 Å². The molecule has 1 aliphatic rings. The van der Waals surface area contributed by atoms with Gasteiger partial charge in [0.15, 0.2) is 6.73 Å². The van der Waals surface area contributed by atoms with Crippen molar-refractivity contribution in [2.45, 2.75) is 47.1 Å². The van der Waals surface area contributed by atoms with Crippen molar-refractivity contribution < 1.29 is 9.53 Å². The van der Waals surface area contributed by atoms with E-state index in [9.17, 15) is 4.79 Å². The van der Waals surface area contributed by atoms with Crippen molar-refractivity contribution in [1.82, 2.24) is 4.90 Å². The number of rotatable bonds is 2. The third-order valence-corrected chi connectivity index (χ3v) is 4.79. The van der Waals surface area contributed by atoms with Gasteiger partial charge in [0, 0.05) is 5.54 Å². The molecule has 0 spiro atoms. The Hall–Kier alpha value is -1.77. The van der Waals surface area contributed by atoms with Crippen LogP contribution in [0.25, 0.3) is 5.57 Å². The third kappa shape index (κ3) is 2.69. The highest BCUT2D eigenvalue weighted by Crippen LogP contribution is 2.39. The van der Waals surface area contributed by atoms with Crippen molar-refractivity contribution in [3.8, 4) is 0 Å². The van der Waals surface area contributed by atoms with Gasteiger partial charge in [-0.3, -0.25) is 9.69 Å². The lowest BCUT2D eigenvalue weighted by molar-refractivity contribution is -0.145. The first-order chi connectivity index (χ1) is 9.66. The molecule has 1 aliphatic heterocycles. The fourth-order valence-electron chi connectivity index (χ4n) is 2.33. The van der Waals surface area contributed by atoms with E-state index in [-0.39, 0.29) is 16.9 Å². The SMILES string of the molecule is CC1=C(c2ccccc2)C(=O)N(C(C)(C)C(C)(C)C)CO1. The van der Waals surface area contributed by atoms with E-state index >= 15 is 0 Å². The number of benzene rings is 1. The molecular weight excluding hydrogens is 262 g/mol. The Labute approximate surface area is 127 Å². The lowest BCUT2D eigenvalue weighted by atomic mass is 9.74. The molecule has 1 heterocycles. The number of carbonyl (C=O) groups excluding carboxylic acids is 1. The highest BCUT2D eigenvalue weighted by atomic mass is 16.5. The molecule has 0 N–H and O–H groups in total. The standard InChI is InChI=1S/C18H25NO2/c1-13-15(14-10-8-7-9-11-14)16(20)19(12-21-13)18(5,6)17(2,3)4/h7-11H,12H2,1-6H3. The van der Waals surface area contributed by atoms with Gasteiger partial charge in [-0.2, -0.15) is 0 Å². The molecule has 21 heavy (non-hydrogen) atoms. The van der Waals surface area contributed by atoms with Gasteiger partial charge in [0.2, 0.25) is 0 Å². The van der Waals surface area contributed by atoms with Crippen LogP contribution in [0, 0.1) is 5.41 Å². The summed E-state index contributed by atoms with van der Waals surface area (Å²) in [6.45, 7) is 12.8. The molecule has 1 amide bonds. The maximum Gasteiger partial charge on any atom is 0.260 e. The molecular formula is C18H25NO2. The summed E-state index contributed by atoms with van der Waals surface area (Å²) in [7, 11) is 0. The van der Waals surface area contributed by atoms with Crippen LogP contribution in [0.3, 0.4) is 0 Å². The molecule has 0 bridgehead atoms. The highest BCUT2D eigenvalue weighted by molar-refractivity contribution is 6.20. The first-order valence-corrected chi connectivity index (χ1v) is 7.37. The van der Waals surface area contributed by atoms with E-state index in [1.54, 1.807) is 0 Å². The minimum atomic E-state index is -0.301. The number of nitrogens with zero attached hydrogens (tertiary/aromatic N) is 1. The predicted octanol–water partition coefficient (Wildman–Crippen LogP) is 4.06. The first kappa shape index (κ1) is 15.6. The maximum absolute atomic E-state index is 13.0. The van der Waals surface area contributed by atoms with E-state index in [0.29, 0.717) is 18.1 Å². The van der Waals surface area contributed by atoms with Crippen molar-refractivity contribution in [3.63, 3.8) is 0 Å². The Morgan fingerprint density at radius 2 is 1.62 bits per heavy atom. The topological polar surface area (TPSA) is 29.5 Å². The van der Waals surface area contributed by atoms with Crippen LogP contribution in [0.5, 0.6) is 0 Å². The van der Waals surface area contributed by atoms with Crippen LogP contribution in [0.15, 0.2) is 36.1 Å². The molecule has 3 nitrogen and oxygen atoms in total. The van der Waals surface area contributed by atoms with Gasteiger partial charge in [-0.25, -0.2) is 0 Å². The van der Waals surface area contributed by atoms with Gasteiger partial charge in [-0.1, -0.05) is 51.1 Å². The fraction of sp³-hybridized carbons (Fsp3) is 0.500. The second-order valence-corrected chi connectivity index (χ2v) is 7.11. The van der Waals surface area contributed by atoms with Gasteiger partial charge in [-0.15, -0.1) is 0 Å². The van der Waals surface area contributed by atoms with Crippen LogP contribution >= 0.6 is 0 Å². The summed E-state index contributed by atoms with van der Waals surface area (Å²) in [5, 5.41) is 0. The molecule has 0 fully saturated rings. The van der Waals surface area contributed by atoms with Gasteiger partial charge in [0.05, 0.1) is 5.57 Å². The monoisotopic (exact) mass is 287 g/mol. The minimum absolute atomic E-state index is 0.0426. The fourth-order valence-corrected chi connectivity index (χ4v) is 2.33. The minimum Gasteiger partial charge on any atom is -0.477 e. The molecule has 1 aromatic rings. The maximum atomic E-state index is 13.0. The number of ether oxygens (including phenoxy) is 1. The molecule has 3 heteroatoms. The third-order valence-electron chi connectivity index (χ3n) is 4.79. The van der Waals surface area contributed by atoms with Crippen LogP contribution in [0.1, 0.15) is 47.1 Å². The van der Waals surface area contributed by atoms with Crippen LogP contribution < -0.4 is 0 Å². The number of amides is 1. The lowest BCUT2D eigenvalue weighted by Gasteiger charge is -2.49. The summed E-state index contributed by atoms with van der Waals surface area (Å²) in [5.41, 5.74) is 1.23. The van der Waals surface area contributed by atoms with E-state index in [1.807, 2.05) is 42.2 Å². The van der Waals surface area contributed by atoms with E-state index in [0.717, 1.165) is 5.56 Å². The second kappa shape index (κ2) is 5.21. The molecule has 0 radical (unpaired) electrons. The van der Waals surface area contributed by atoms with E-state index in [4.69, 9.17) is 4.74 Å². The van der Waals surface area contributed by atoms with Gasteiger partial charge < -0.3 is 4.74 Å². The average Bonchev–Trinajstić information content (AvgIpc) is 2.38. The van der Waals surface area contributed by atoms with Crippen LogP contribution in [0.4, 0.5) is 0 Å². The second-order valence-electron chi connectivity index (χ2n) is 7.11. The number of allylic oxidation sites excluding steroid dienone is 1. The van der Waals surface area contributed by atoms with Gasteiger partial charge >= 0.3 is 0 Å². The molecule has 114 valence electrons. The summed E-state index contributed by atoms with van der Waals surface area (Å²) in [5.74, 6) is 0.747. The zero-order chi connectivity index (χ0) is 15.8. The van der Waals surface area contributed by atoms with Crippen molar-refractivity contribution in [2.75, 3.05) is 6.73 Å². The Bertz CT molecular complexity index is 565. The van der Waals surface area contributed by atoms with Crippen molar-refractivity contribution in [2.24, 2.45) is 5.41 Å². The average molecular weight is 287 g/mol.